The van der Waals surface area contributed by atoms with Crippen molar-refractivity contribution in [3.05, 3.63) is 27.4 Å². The number of aromatic nitrogens is 1. The van der Waals surface area contributed by atoms with Crippen molar-refractivity contribution in [3.8, 4) is 0 Å². The summed E-state index contributed by atoms with van der Waals surface area (Å²) >= 11 is 5.91. The average molecular weight is 288 g/mol. The molecule has 19 heavy (non-hydrogen) atoms. The summed E-state index contributed by atoms with van der Waals surface area (Å²) in [6, 6.07) is 1.27. The van der Waals surface area contributed by atoms with Crippen LogP contribution in [0.25, 0.3) is 0 Å². The molecule has 8 heteroatoms. The predicted octanol–water partition coefficient (Wildman–Crippen LogP) is 2.21. The quantitative estimate of drug-likeness (QED) is 0.660. The summed E-state index contributed by atoms with van der Waals surface area (Å²) in [4.78, 5) is 13.9. The third-order valence-corrected chi connectivity index (χ3v) is 3.10. The Morgan fingerprint density at radius 2 is 2.26 bits per heavy atom. The van der Waals surface area contributed by atoms with Crippen molar-refractivity contribution in [3.63, 3.8) is 0 Å². The summed E-state index contributed by atoms with van der Waals surface area (Å²) in [5, 5.41) is 13.8. The minimum absolute atomic E-state index is 0.134. The van der Waals surface area contributed by atoms with Gasteiger partial charge in [0.05, 0.1) is 23.2 Å². The van der Waals surface area contributed by atoms with Gasteiger partial charge in [0.1, 0.15) is 12.0 Å². The average Bonchev–Trinajstić information content (AvgIpc) is 2.78. The van der Waals surface area contributed by atoms with E-state index in [0.29, 0.717) is 32.0 Å². The first-order valence-electron chi connectivity index (χ1n) is 5.82. The zero-order chi connectivity index (χ0) is 13.9. The molecule has 2 rings (SSSR count). The van der Waals surface area contributed by atoms with Crippen LogP contribution in [0.1, 0.15) is 13.3 Å². The van der Waals surface area contributed by atoms with Crippen LogP contribution in [0.2, 0.25) is 5.02 Å². The Morgan fingerprint density at radius 1 is 1.58 bits per heavy atom. The summed E-state index contributed by atoms with van der Waals surface area (Å²) < 4.78 is 10.9. The van der Waals surface area contributed by atoms with E-state index in [2.05, 4.69) is 10.3 Å². The summed E-state index contributed by atoms with van der Waals surface area (Å²) in [7, 11) is 0. The van der Waals surface area contributed by atoms with E-state index < -0.39 is 10.7 Å². The van der Waals surface area contributed by atoms with Crippen molar-refractivity contribution in [1.82, 2.24) is 4.98 Å². The van der Waals surface area contributed by atoms with E-state index in [1.165, 1.54) is 12.3 Å². The molecule has 1 aromatic rings. The molecule has 1 aliphatic rings. The smallest absolute Gasteiger partial charge is 0.289 e. The molecule has 1 fully saturated rings. The van der Waals surface area contributed by atoms with Gasteiger partial charge in [0.15, 0.2) is 5.79 Å². The predicted molar refractivity (Wildman–Crippen MR) is 69.3 cm³/mol. The summed E-state index contributed by atoms with van der Waals surface area (Å²) in [5.74, 6) is -0.172. The van der Waals surface area contributed by atoms with E-state index in [-0.39, 0.29) is 10.7 Å². The van der Waals surface area contributed by atoms with E-state index in [1.54, 1.807) is 0 Å². The number of nitro groups is 1. The molecule has 1 aromatic heterocycles. The first-order chi connectivity index (χ1) is 9.00. The summed E-state index contributed by atoms with van der Waals surface area (Å²) in [5.41, 5.74) is -0.134. The van der Waals surface area contributed by atoms with Gasteiger partial charge in [-0.25, -0.2) is 4.98 Å². The standard InChI is InChI=1S/C11H14ClN3O4/c1-11(18-4-5-19-11)2-3-13-10-9(12)6-8(7-14-10)15(16)17/h6-7H,2-5H2,1H3,(H,13,14). The maximum atomic E-state index is 10.5. The van der Waals surface area contributed by atoms with Gasteiger partial charge in [-0.15, -0.1) is 0 Å². The zero-order valence-electron chi connectivity index (χ0n) is 10.4. The lowest BCUT2D eigenvalue weighted by Crippen LogP contribution is -2.28. The molecule has 1 N–H and O–H groups in total. The SMILES string of the molecule is CC1(CCNc2ncc([N+](=O)[O-])cc2Cl)OCCO1. The molecular formula is C11H14ClN3O4. The molecular weight excluding hydrogens is 274 g/mol. The first-order valence-corrected chi connectivity index (χ1v) is 6.20. The Morgan fingerprint density at radius 3 is 2.84 bits per heavy atom. The molecule has 0 saturated carbocycles. The highest BCUT2D eigenvalue weighted by molar-refractivity contribution is 6.33. The number of hydrogen-bond acceptors (Lipinski definition) is 6. The van der Waals surface area contributed by atoms with Crippen LogP contribution in [0.5, 0.6) is 0 Å². The maximum Gasteiger partial charge on any atom is 0.289 e. The lowest BCUT2D eigenvalue weighted by molar-refractivity contribution is -0.385. The van der Waals surface area contributed by atoms with E-state index >= 15 is 0 Å². The largest absolute Gasteiger partial charge is 0.369 e. The van der Waals surface area contributed by atoms with Crippen LogP contribution < -0.4 is 5.32 Å². The van der Waals surface area contributed by atoms with Gasteiger partial charge in [-0.3, -0.25) is 10.1 Å². The lowest BCUT2D eigenvalue weighted by Gasteiger charge is -2.22. The molecule has 0 unspecified atom stereocenters. The normalized spacial score (nSPS) is 17.4. The zero-order valence-corrected chi connectivity index (χ0v) is 11.1. The van der Waals surface area contributed by atoms with Gasteiger partial charge in [0, 0.05) is 19.0 Å². The number of pyridine rings is 1. The fourth-order valence-corrected chi connectivity index (χ4v) is 1.99. The van der Waals surface area contributed by atoms with Gasteiger partial charge in [0.2, 0.25) is 0 Å². The number of nitrogens with one attached hydrogen (secondary N) is 1. The topological polar surface area (TPSA) is 86.5 Å². The monoisotopic (exact) mass is 287 g/mol. The van der Waals surface area contributed by atoms with E-state index in [9.17, 15) is 10.1 Å². The van der Waals surface area contributed by atoms with Crippen molar-refractivity contribution in [2.75, 3.05) is 25.1 Å². The molecule has 104 valence electrons. The fraction of sp³-hybridized carbons (Fsp3) is 0.545. The molecule has 0 spiro atoms. The Kier molecular flexibility index (Phi) is 4.18. The number of anilines is 1. The molecule has 1 aliphatic heterocycles. The van der Waals surface area contributed by atoms with Gasteiger partial charge >= 0.3 is 0 Å². The second-order valence-electron chi connectivity index (χ2n) is 4.29. The maximum absolute atomic E-state index is 10.5. The highest BCUT2D eigenvalue weighted by Gasteiger charge is 2.30. The van der Waals surface area contributed by atoms with Crippen LogP contribution in [-0.2, 0) is 9.47 Å². The van der Waals surface area contributed by atoms with E-state index in [1.807, 2.05) is 6.92 Å². The molecule has 0 aromatic carbocycles. The highest BCUT2D eigenvalue weighted by Crippen LogP contribution is 2.25. The van der Waals surface area contributed by atoms with Crippen LogP contribution in [0.3, 0.4) is 0 Å². The van der Waals surface area contributed by atoms with Crippen molar-refractivity contribution < 1.29 is 14.4 Å². The lowest BCUT2D eigenvalue weighted by atomic mass is 10.2. The van der Waals surface area contributed by atoms with Gasteiger partial charge in [-0.1, -0.05) is 11.6 Å². The van der Waals surface area contributed by atoms with E-state index in [0.717, 1.165) is 0 Å². The Labute approximate surface area is 115 Å². The molecule has 0 aliphatic carbocycles. The highest BCUT2D eigenvalue weighted by atomic mass is 35.5. The number of rotatable bonds is 5. The molecule has 0 radical (unpaired) electrons. The van der Waals surface area contributed by atoms with Crippen molar-refractivity contribution in [2.24, 2.45) is 0 Å². The number of halogens is 1. The van der Waals surface area contributed by atoms with Crippen LogP contribution in [-0.4, -0.2) is 35.5 Å². The third-order valence-electron chi connectivity index (χ3n) is 2.81. The number of hydrogen-bond donors (Lipinski definition) is 1. The van der Waals surface area contributed by atoms with Crippen molar-refractivity contribution >= 4 is 23.1 Å². The van der Waals surface area contributed by atoms with Crippen LogP contribution in [0.15, 0.2) is 12.3 Å². The molecule has 0 bridgehead atoms. The van der Waals surface area contributed by atoms with E-state index in [4.69, 9.17) is 21.1 Å². The van der Waals surface area contributed by atoms with Crippen molar-refractivity contribution in [2.45, 2.75) is 19.1 Å². The number of ether oxygens (including phenoxy) is 2. The Bertz CT molecular complexity index is 477. The molecule has 0 atom stereocenters. The molecule has 2 heterocycles. The number of nitrogens with zero attached hydrogens (tertiary/aromatic N) is 2. The first kappa shape index (κ1) is 14.0. The van der Waals surface area contributed by atoms with Gasteiger partial charge in [-0.05, 0) is 6.92 Å². The van der Waals surface area contributed by atoms with Crippen LogP contribution in [0.4, 0.5) is 11.5 Å². The van der Waals surface area contributed by atoms with Gasteiger partial charge < -0.3 is 14.8 Å². The minimum Gasteiger partial charge on any atom is -0.369 e. The summed E-state index contributed by atoms with van der Waals surface area (Å²) in [6.07, 6.45) is 1.79. The minimum atomic E-state index is -0.583. The van der Waals surface area contributed by atoms with Gasteiger partial charge in [0.25, 0.3) is 5.69 Å². The Balaban J connectivity index is 1.91. The van der Waals surface area contributed by atoms with Crippen LogP contribution in [0, 0.1) is 10.1 Å². The summed E-state index contributed by atoms with van der Waals surface area (Å²) in [6.45, 7) is 3.59. The second kappa shape index (κ2) is 5.68. The molecule has 0 amide bonds. The van der Waals surface area contributed by atoms with Crippen LogP contribution >= 0.6 is 11.6 Å². The Hall–Kier alpha value is -1.44. The fourth-order valence-electron chi connectivity index (χ4n) is 1.77. The third kappa shape index (κ3) is 3.52. The van der Waals surface area contributed by atoms with Crippen molar-refractivity contribution in [1.29, 1.82) is 0 Å². The molecule has 1 saturated heterocycles. The van der Waals surface area contributed by atoms with Gasteiger partial charge in [-0.2, -0.15) is 0 Å². The second-order valence-corrected chi connectivity index (χ2v) is 4.70. The molecule has 7 nitrogen and oxygen atoms in total.